The minimum absolute atomic E-state index is 0.325. The van der Waals surface area contributed by atoms with Crippen LogP contribution in [0.4, 0.5) is 0 Å². The summed E-state index contributed by atoms with van der Waals surface area (Å²) in [5.74, 6) is 0. The number of hydrogen-bond donors (Lipinski definition) is 1. The number of benzene rings is 1. The summed E-state index contributed by atoms with van der Waals surface area (Å²) in [6.45, 7) is 1.10. The molecule has 1 aromatic carbocycles. The van der Waals surface area contributed by atoms with Crippen LogP contribution >= 0.6 is 0 Å². The first-order valence-electron chi connectivity index (χ1n) is 5.23. The van der Waals surface area contributed by atoms with Crippen molar-refractivity contribution in [3.8, 4) is 0 Å². The first-order valence-corrected chi connectivity index (χ1v) is 5.23. The first-order chi connectivity index (χ1) is 6.92. The molecule has 76 valence electrons. The van der Waals surface area contributed by atoms with Crippen LogP contribution in [0.15, 0.2) is 30.3 Å². The minimum atomic E-state index is 0.325. The number of rotatable bonds is 2. The molecule has 2 nitrogen and oxygen atoms in total. The molecule has 1 N–H and O–H groups in total. The summed E-state index contributed by atoms with van der Waals surface area (Å²) in [6.07, 6.45) is 2.69. The number of ether oxygens (including phenoxy) is 1. The van der Waals surface area contributed by atoms with Crippen LogP contribution in [0.25, 0.3) is 0 Å². The SMILES string of the molecule is COC1CCCNC1c1ccccc1. The largest absolute Gasteiger partial charge is 0.379 e. The molecule has 0 radical (unpaired) electrons. The third kappa shape index (κ3) is 1.97. The van der Waals surface area contributed by atoms with E-state index in [-0.39, 0.29) is 0 Å². The van der Waals surface area contributed by atoms with Crippen molar-refractivity contribution in [1.29, 1.82) is 0 Å². The lowest BCUT2D eigenvalue weighted by atomic mass is 9.94. The molecule has 1 aliphatic rings. The maximum absolute atomic E-state index is 5.50. The van der Waals surface area contributed by atoms with Gasteiger partial charge in [-0.05, 0) is 24.9 Å². The van der Waals surface area contributed by atoms with E-state index in [9.17, 15) is 0 Å². The predicted molar refractivity (Wildman–Crippen MR) is 57.2 cm³/mol. The second-order valence-electron chi connectivity index (χ2n) is 3.76. The molecule has 2 rings (SSSR count). The van der Waals surface area contributed by atoms with Crippen molar-refractivity contribution < 1.29 is 4.74 Å². The highest BCUT2D eigenvalue weighted by Gasteiger charge is 2.25. The van der Waals surface area contributed by atoms with Gasteiger partial charge in [0.25, 0.3) is 0 Å². The third-order valence-electron chi connectivity index (χ3n) is 2.86. The molecule has 14 heavy (non-hydrogen) atoms. The Labute approximate surface area is 85.3 Å². The number of nitrogens with one attached hydrogen (secondary N) is 1. The molecular formula is C12H17NO. The summed E-state index contributed by atoms with van der Waals surface area (Å²) in [5, 5.41) is 3.51. The molecule has 1 aliphatic heterocycles. The van der Waals surface area contributed by atoms with E-state index in [2.05, 4.69) is 29.6 Å². The normalized spacial score (nSPS) is 27.5. The van der Waals surface area contributed by atoms with Gasteiger partial charge in [-0.2, -0.15) is 0 Å². The monoisotopic (exact) mass is 191 g/mol. The second kappa shape index (κ2) is 4.58. The van der Waals surface area contributed by atoms with E-state index >= 15 is 0 Å². The van der Waals surface area contributed by atoms with Gasteiger partial charge in [0.15, 0.2) is 0 Å². The lowest BCUT2D eigenvalue weighted by Gasteiger charge is -2.31. The Bertz CT molecular complexity index is 273. The molecule has 2 atom stereocenters. The average molecular weight is 191 g/mol. The predicted octanol–water partition coefficient (Wildman–Crippen LogP) is 2.13. The molecular weight excluding hydrogens is 174 g/mol. The van der Waals surface area contributed by atoms with Gasteiger partial charge >= 0.3 is 0 Å². The Kier molecular flexibility index (Phi) is 3.17. The van der Waals surface area contributed by atoms with Gasteiger partial charge in [0.05, 0.1) is 12.1 Å². The molecule has 0 amide bonds. The minimum Gasteiger partial charge on any atom is -0.379 e. The van der Waals surface area contributed by atoms with Gasteiger partial charge < -0.3 is 10.1 Å². The Morgan fingerprint density at radius 3 is 2.79 bits per heavy atom. The molecule has 0 bridgehead atoms. The maximum Gasteiger partial charge on any atom is 0.0766 e. The maximum atomic E-state index is 5.50. The Hall–Kier alpha value is -0.860. The summed E-state index contributed by atoms with van der Waals surface area (Å²) < 4.78 is 5.50. The zero-order valence-corrected chi connectivity index (χ0v) is 8.57. The Morgan fingerprint density at radius 1 is 1.29 bits per heavy atom. The molecule has 2 unspecified atom stereocenters. The lowest BCUT2D eigenvalue weighted by molar-refractivity contribution is 0.0452. The zero-order valence-electron chi connectivity index (χ0n) is 8.57. The van der Waals surface area contributed by atoms with Crippen molar-refractivity contribution in [2.45, 2.75) is 25.0 Å². The van der Waals surface area contributed by atoms with E-state index in [1.807, 2.05) is 6.07 Å². The smallest absolute Gasteiger partial charge is 0.0766 e. The van der Waals surface area contributed by atoms with Gasteiger partial charge in [-0.1, -0.05) is 30.3 Å². The molecule has 0 saturated carbocycles. The van der Waals surface area contributed by atoms with Crippen molar-refractivity contribution in [1.82, 2.24) is 5.32 Å². The summed E-state index contributed by atoms with van der Waals surface area (Å²) in [4.78, 5) is 0. The van der Waals surface area contributed by atoms with E-state index in [1.54, 1.807) is 7.11 Å². The number of hydrogen-bond acceptors (Lipinski definition) is 2. The zero-order chi connectivity index (χ0) is 9.80. The third-order valence-corrected chi connectivity index (χ3v) is 2.86. The average Bonchev–Trinajstić information content (AvgIpc) is 2.30. The van der Waals surface area contributed by atoms with E-state index < -0.39 is 0 Å². The lowest BCUT2D eigenvalue weighted by Crippen LogP contribution is -2.38. The molecule has 0 aromatic heterocycles. The molecule has 0 spiro atoms. The summed E-state index contributed by atoms with van der Waals surface area (Å²) in [5.41, 5.74) is 1.33. The van der Waals surface area contributed by atoms with E-state index in [1.165, 1.54) is 12.0 Å². The van der Waals surface area contributed by atoms with Crippen LogP contribution in [0, 0.1) is 0 Å². The number of methoxy groups -OCH3 is 1. The van der Waals surface area contributed by atoms with Crippen LogP contribution in [0.5, 0.6) is 0 Å². The van der Waals surface area contributed by atoms with Gasteiger partial charge in [0.2, 0.25) is 0 Å². The Balaban J connectivity index is 2.15. The van der Waals surface area contributed by atoms with Crippen LogP contribution in [-0.4, -0.2) is 19.8 Å². The highest BCUT2D eigenvalue weighted by Crippen LogP contribution is 2.25. The Morgan fingerprint density at radius 2 is 2.07 bits per heavy atom. The van der Waals surface area contributed by atoms with Crippen LogP contribution in [0.2, 0.25) is 0 Å². The van der Waals surface area contributed by atoms with Crippen LogP contribution in [0.3, 0.4) is 0 Å². The quantitative estimate of drug-likeness (QED) is 0.773. The fourth-order valence-electron chi connectivity index (χ4n) is 2.11. The van der Waals surface area contributed by atoms with Crippen molar-refractivity contribution in [3.05, 3.63) is 35.9 Å². The van der Waals surface area contributed by atoms with Crippen molar-refractivity contribution in [2.75, 3.05) is 13.7 Å². The highest BCUT2D eigenvalue weighted by molar-refractivity contribution is 5.20. The van der Waals surface area contributed by atoms with Gasteiger partial charge in [-0.15, -0.1) is 0 Å². The van der Waals surface area contributed by atoms with Crippen LogP contribution in [0.1, 0.15) is 24.4 Å². The van der Waals surface area contributed by atoms with Gasteiger partial charge in [0, 0.05) is 7.11 Å². The van der Waals surface area contributed by atoms with Crippen LogP contribution < -0.4 is 5.32 Å². The van der Waals surface area contributed by atoms with E-state index in [0.717, 1.165) is 13.0 Å². The van der Waals surface area contributed by atoms with Crippen molar-refractivity contribution in [2.24, 2.45) is 0 Å². The molecule has 1 heterocycles. The fourth-order valence-corrected chi connectivity index (χ4v) is 2.11. The van der Waals surface area contributed by atoms with Gasteiger partial charge in [-0.25, -0.2) is 0 Å². The van der Waals surface area contributed by atoms with Crippen molar-refractivity contribution >= 4 is 0 Å². The van der Waals surface area contributed by atoms with E-state index in [4.69, 9.17) is 4.74 Å². The van der Waals surface area contributed by atoms with Gasteiger partial charge in [-0.3, -0.25) is 0 Å². The molecule has 1 saturated heterocycles. The summed E-state index contributed by atoms with van der Waals surface area (Å²) in [7, 11) is 1.80. The first kappa shape index (κ1) is 9.69. The molecule has 1 fully saturated rings. The van der Waals surface area contributed by atoms with Crippen molar-refractivity contribution in [3.63, 3.8) is 0 Å². The standard InChI is InChI=1S/C12H17NO/c1-14-11-8-5-9-13-12(11)10-6-3-2-4-7-10/h2-4,6-7,11-13H,5,8-9H2,1H3. The summed E-state index contributed by atoms with van der Waals surface area (Å²) in [6, 6.07) is 10.9. The second-order valence-corrected chi connectivity index (χ2v) is 3.76. The topological polar surface area (TPSA) is 21.3 Å². The van der Waals surface area contributed by atoms with Gasteiger partial charge in [0.1, 0.15) is 0 Å². The molecule has 1 aromatic rings. The molecule has 2 heteroatoms. The number of piperidine rings is 1. The van der Waals surface area contributed by atoms with Crippen LogP contribution in [-0.2, 0) is 4.74 Å². The highest BCUT2D eigenvalue weighted by atomic mass is 16.5. The van der Waals surface area contributed by atoms with E-state index in [0.29, 0.717) is 12.1 Å². The summed E-state index contributed by atoms with van der Waals surface area (Å²) >= 11 is 0. The fraction of sp³-hybridized carbons (Fsp3) is 0.500. The molecule has 0 aliphatic carbocycles.